The summed E-state index contributed by atoms with van der Waals surface area (Å²) in [5, 5.41) is 9.85. The third-order valence-corrected chi connectivity index (χ3v) is 3.56. The molecule has 0 saturated carbocycles. The van der Waals surface area contributed by atoms with Gasteiger partial charge in [-0.05, 0) is 18.6 Å². The standard InChI is InChI=1S/C10H11ClO4S/c1-6-4-9-7(2-3-15-9)8(10(6)12)5-16(11,13)14/h4,12H,2-3,5H2,1H3. The molecule has 0 unspecified atom stereocenters. The van der Waals surface area contributed by atoms with Gasteiger partial charge in [0.15, 0.2) is 0 Å². The maximum absolute atomic E-state index is 11.1. The van der Waals surface area contributed by atoms with E-state index in [4.69, 9.17) is 15.4 Å². The highest BCUT2D eigenvalue weighted by Gasteiger charge is 2.24. The molecule has 16 heavy (non-hydrogen) atoms. The minimum Gasteiger partial charge on any atom is -0.507 e. The van der Waals surface area contributed by atoms with Gasteiger partial charge in [-0.2, -0.15) is 0 Å². The van der Waals surface area contributed by atoms with Gasteiger partial charge in [-0.3, -0.25) is 0 Å². The number of aryl methyl sites for hydroxylation is 1. The first kappa shape index (κ1) is 11.5. The van der Waals surface area contributed by atoms with E-state index in [0.717, 1.165) is 5.56 Å². The van der Waals surface area contributed by atoms with Crippen molar-refractivity contribution in [1.82, 2.24) is 0 Å². The van der Waals surface area contributed by atoms with Crippen molar-refractivity contribution in [2.45, 2.75) is 19.1 Å². The Labute approximate surface area is 98.2 Å². The number of benzene rings is 1. The molecular formula is C10H11ClO4S. The van der Waals surface area contributed by atoms with Gasteiger partial charge in [0.1, 0.15) is 11.5 Å². The van der Waals surface area contributed by atoms with Gasteiger partial charge >= 0.3 is 0 Å². The van der Waals surface area contributed by atoms with E-state index in [2.05, 4.69) is 0 Å². The van der Waals surface area contributed by atoms with E-state index in [1.807, 2.05) is 0 Å². The van der Waals surface area contributed by atoms with Gasteiger partial charge in [-0.25, -0.2) is 8.42 Å². The molecular weight excluding hydrogens is 252 g/mol. The Balaban J connectivity index is 2.59. The van der Waals surface area contributed by atoms with Crippen LogP contribution in [0, 0.1) is 6.92 Å². The molecule has 0 bridgehead atoms. The van der Waals surface area contributed by atoms with Crippen molar-refractivity contribution in [1.29, 1.82) is 0 Å². The Morgan fingerprint density at radius 1 is 1.56 bits per heavy atom. The third kappa shape index (κ3) is 2.10. The third-order valence-electron chi connectivity index (χ3n) is 2.60. The lowest BCUT2D eigenvalue weighted by Gasteiger charge is -2.10. The molecule has 0 aliphatic carbocycles. The van der Waals surface area contributed by atoms with Gasteiger partial charge in [-0.15, -0.1) is 0 Å². The molecule has 0 saturated heterocycles. The largest absolute Gasteiger partial charge is 0.507 e. The number of rotatable bonds is 2. The summed E-state index contributed by atoms with van der Waals surface area (Å²) in [4.78, 5) is 0. The highest BCUT2D eigenvalue weighted by atomic mass is 35.7. The lowest BCUT2D eigenvalue weighted by molar-refractivity contribution is 0.356. The molecule has 0 radical (unpaired) electrons. The first-order valence-corrected chi connectivity index (χ1v) is 7.26. The molecule has 1 N–H and O–H groups in total. The number of hydrogen-bond donors (Lipinski definition) is 1. The molecule has 1 aliphatic heterocycles. The molecule has 2 rings (SSSR count). The minimum atomic E-state index is -3.68. The fourth-order valence-electron chi connectivity index (χ4n) is 1.88. The molecule has 0 fully saturated rings. The summed E-state index contributed by atoms with van der Waals surface area (Å²) < 4.78 is 27.5. The van der Waals surface area contributed by atoms with Gasteiger partial charge in [0, 0.05) is 28.2 Å². The van der Waals surface area contributed by atoms with Gasteiger partial charge in [0.2, 0.25) is 9.05 Å². The van der Waals surface area contributed by atoms with E-state index >= 15 is 0 Å². The molecule has 1 heterocycles. The lowest BCUT2D eigenvalue weighted by Crippen LogP contribution is -2.00. The molecule has 1 aromatic rings. The lowest BCUT2D eigenvalue weighted by atomic mass is 10.0. The number of phenolic OH excluding ortho intramolecular Hbond substituents is 1. The van der Waals surface area contributed by atoms with Gasteiger partial charge in [0.25, 0.3) is 0 Å². The van der Waals surface area contributed by atoms with Crippen molar-refractivity contribution in [3.8, 4) is 11.5 Å². The number of phenols is 1. The fourth-order valence-corrected chi connectivity index (χ4v) is 2.86. The zero-order valence-electron chi connectivity index (χ0n) is 8.66. The predicted molar refractivity (Wildman–Crippen MR) is 60.5 cm³/mol. The van der Waals surface area contributed by atoms with Crippen LogP contribution in [-0.4, -0.2) is 20.1 Å². The van der Waals surface area contributed by atoms with Gasteiger partial charge < -0.3 is 9.84 Å². The maximum Gasteiger partial charge on any atom is 0.236 e. The van der Waals surface area contributed by atoms with Crippen molar-refractivity contribution in [2.24, 2.45) is 0 Å². The topological polar surface area (TPSA) is 63.6 Å². The van der Waals surface area contributed by atoms with E-state index in [-0.39, 0.29) is 11.5 Å². The molecule has 88 valence electrons. The van der Waals surface area contributed by atoms with Crippen LogP contribution in [0.3, 0.4) is 0 Å². The predicted octanol–water partition coefficient (Wildman–Crippen LogP) is 1.70. The van der Waals surface area contributed by atoms with E-state index in [9.17, 15) is 13.5 Å². The Hall–Kier alpha value is -0.940. The summed E-state index contributed by atoms with van der Waals surface area (Å²) in [5.74, 6) is 0.271. The molecule has 1 aromatic carbocycles. The molecule has 0 aromatic heterocycles. The number of ether oxygens (including phenoxy) is 1. The van der Waals surface area contributed by atoms with E-state index in [1.54, 1.807) is 13.0 Å². The van der Waals surface area contributed by atoms with Crippen LogP contribution in [0.15, 0.2) is 6.07 Å². The number of aromatic hydroxyl groups is 1. The smallest absolute Gasteiger partial charge is 0.236 e. The minimum absolute atomic E-state index is 0.00604. The van der Waals surface area contributed by atoms with E-state index < -0.39 is 9.05 Å². The molecule has 6 heteroatoms. The van der Waals surface area contributed by atoms with Crippen molar-refractivity contribution < 1.29 is 18.3 Å². The Kier molecular flexibility index (Phi) is 2.75. The summed E-state index contributed by atoms with van der Waals surface area (Å²) in [7, 11) is 1.53. The molecule has 0 atom stereocenters. The molecule has 4 nitrogen and oxygen atoms in total. The monoisotopic (exact) mass is 262 g/mol. The first-order chi connectivity index (χ1) is 7.38. The summed E-state index contributed by atoms with van der Waals surface area (Å²) in [6, 6.07) is 1.71. The Morgan fingerprint density at radius 3 is 2.88 bits per heavy atom. The average Bonchev–Trinajstić information content (AvgIpc) is 2.58. The Bertz CT molecular complexity index is 536. The van der Waals surface area contributed by atoms with Gasteiger partial charge in [0.05, 0.1) is 12.4 Å². The second-order valence-corrected chi connectivity index (χ2v) is 6.56. The molecule has 0 amide bonds. The van der Waals surface area contributed by atoms with Crippen LogP contribution in [-0.2, 0) is 21.2 Å². The van der Waals surface area contributed by atoms with Crippen LogP contribution in [0.1, 0.15) is 16.7 Å². The van der Waals surface area contributed by atoms with Crippen LogP contribution in [0.5, 0.6) is 11.5 Å². The normalized spacial score (nSPS) is 14.6. The zero-order chi connectivity index (χ0) is 11.9. The van der Waals surface area contributed by atoms with Crippen LogP contribution in [0.2, 0.25) is 0 Å². The second-order valence-electron chi connectivity index (χ2n) is 3.78. The summed E-state index contributed by atoms with van der Waals surface area (Å²) in [6.45, 7) is 2.20. The SMILES string of the molecule is Cc1cc2c(c(CS(=O)(=O)Cl)c1O)CCO2. The zero-order valence-corrected chi connectivity index (χ0v) is 10.2. The van der Waals surface area contributed by atoms with Gasteiger partial charge in [-0.1, -0.05) is 0 Å². The van der Waals surface area contributed by atoms with Crippen molar-refractivity contribution >= 4 is 19.7 Å². The fraction of sp³-hybridized carbons (Fsp3) is 0.400. The van der Waals surface area contributed by atoms with Crippen LogP contribution < -0.4 is 4.74 Å². The molecule has 1 aliphatic rings. The summed E-state index contributed by atoms with van der Waals surface area (Å²) in [6.07, 6.45) is 0.602. The summed E-state index contributed by atoms with van der Waals surface area (Å²) >= 11 is 0. The van der Waals surface area contributed by atoms with Crippen LogP contribution in [0.25, 0.3) is 0 Å². The molecule has 0 spiro atoms. The van der Waals surface area contributed by atoms with Crippen molar-refractivity contribution in [2.75, 3.05) is 6.61 Å². The second kappa shape index (κ2) is 3.82. The van der Waals surface area contributed by atoms with Crippen molar-refractivity contribution in [3.05, 3.63) is 22.8 Å². The number of hydrogen-bond acceptors (Lipinski definition) is 4. The first-order valence-electron chi connectivity index (χ1n) is 4.78. The quantitative estimate of drug-likeness (QED) is 0.824. The average molecular weight is 263 g/mol. The van der Waals surface area contributed by atoms with E-state index in [1.165, 1.54) is 0 Å². The van der Waals surface area contributed by atoms with Crippen molar-refractivity contribution in [3.63, 3.8) is 0 Å². The van der Waals surface area contributed by atoms with Crippen LogP contribution >= 0.6 is 10.7 Å². The highest BCUT2D eigenvalue weighted by Crippen LogP contribution is 2.38. The Morgan fingerprint density at radius 2 is 2.25 bits per heavy atom. The number of fused-ring (bicyclic) bond motifs is 1. The highest BCUT2D eigenvalue weighted by molar-refractivity contribution is 8.13. The van der Waals surface area contributed by atoms with Crippen LogP contribution in [0.4, 0.5) is 0 Å². The number of halogens is 1. The maximum atomic E-state index is 11.1. The van der Waals surface area contributed by atoms with E-state index in [0.29, 0.717) is 29.9 Å². The summed E-state index contributed by atoms with van der Waals surface area (Å²) in [5.41, 5.74) is 1.70.